The molecule has 0 aliphatic heterocycles. The first-order chi connectivity index (χ1) is 5.13. The Morgan fingerprint density at radius 3 is 2.17 bits per heavy atom. The van der Waals surface area contributed by atoms with Gasteiger partial charge in [-0.05, 0) is 6.07 Å². The second kappa shape index (κ2) is 3.93. The number of carboxylic acids is 2. The molecule has 1 radical (unpaired) electrons. The molecule has 1 rings (SSSR count). The van der Waals surface area contributed by atoms with Gasteiger partial charge < -0.3 is 14.6 Å². The van der Waals surface area contributed by atoms with Crippen LogP contribution < -0.4 is 0 Å². The van der Waals surface area contributed by atoms with Gasteiger partial charge in [0.1, 0.15) is 5.56 Å². The molecule has 1 aromatic rings. The number of carbonyl (C=O) groups is 2. The quantitative estimate of drug-likeness (QED) is 0.756. The Labute approximate surface area is 77.2 Å². The zero-order chi connectivity index (χ0) is 8.43. The second-order valence-electron chi connectivity index (χ2n) is 1.77. The van der Waals surface area contributed by atoms with E-state index in [9.17, 15) is 9.59 Å². The van der Waals surface area contributed by atoms with Crippen molar-refractivity contribution in [2.24, 2.45) is 0 Å². The molecule has 0 spiro atoms. The average Bonchev–Trinajstić information content (AvgIpc) is 2.32. The SMILES string of the molecule is O=C(O)c1ccoc1C(=O)O.[Co]. The van der Waals surface area contributed by atoms with Gasteiger partial charge in [0.15, 0.2) is 0 Å². The van der Waals surface area contributed by atoms with Crippen LogP contribution in [0.2, 0.25) is 0 Å². The summed E-state index contributed by atoms with van der Waals surface area (Å²) >= 11 is 0. The fourth-order valence-corrected chi connectivity index (χ4v) is 0.643. The van der Waals surface area contributed by atoms with Crippen molar-refractivity contribution >= 4 is 11.9 Å². The third-order valence-electron chi connectivity index (χ3n) is 1.09. The summed E-state index contributed by atoms with van der Waals surface area (Å²) in [4.78, 5) is 20.5. The van der Waals surface area contributed by atoms with E-state index in [4.69, 9.17) is 10.2 Å². The Kier molecular flexibility index (Phi) is 3.51. The van der Waals surface area contributed by atoms with Crippen LogP contribution in [0.5, 0.6) is 0 Å². The topological polar surface area (TPSA) is 87.7 Å². The molecular weight excluding hydrogens is 211 g/mol. The number of carboxylic acid groups (broad SMARTS) is 2. The van der Waals surface area contributed by atoms with Crippen LogP contribution in [0.1, 0.15) is 20.9 Å². The van der Waals surface area contributed by atoms with E-state index in [1.807, 2.05) is 0 Å². The summed E-state index contributed by atoms with van der Waals surface area (Å²) in [6.45, 7) is 0. The second-order valence-corrected chi connectivity index (χ2v) is 1.77. The van der Waals surface area contributed by atoms with Gasteiger partial charge in [0.25, 0.3) is 0 Å². The molecular formula is C6H4CoO5. The first kappa shape index (κ1) is 10.7. The smallest absolute Gasteiger partial charge is 0.372 e. The van der Waals surface area contributed by atoms with E-state index in [2.05, 4.69) is 4.42 Å². The summed E-state index contributed by atoms with van der Waals surface area (Å²) in [5, 5.41) is 16.7. The van der Waals surface area contributed by atoms with Gasteiger partial charge in [-0.25, -0.2) is 9.59 Å². The summed E-state index contributed by atoms with van der Waals surface area (Å²) in [5.41, 5.74) is -0.336. The van der Waals surface area contributed by atoms with Crippen molar-refractivity contribution in [2.75, 3.05) is 0 Å². The molecule has 0 aliphatic rings. The summed E-state index contributed by atoms with van der Waals surface area (Å²) in [6.07, 6.45) is 1.02. The fourth-order valence-electron chi connectivity index (χ4n) is 0.643. The van der Waals surface area contributed by atoms with Crippen LogP contribution in [0.4, 0.5) is 0 Å². The van der Waals surface area contributed by atoms with Crippen LogP contribution in [0.25, 0.3) is 0 Å². The van der Waals surface area contributed by atoms with Gasteiger partial charge in [0.05, 0.1) is 6.26 Å². The molecule has 1 aromatic heterocycles. The van der Waals surface area contributed by atoms with Crippen molar-refractivity contribution in [3.63, 3.8) is 0 Å². The third-order valence-corrected chi connectivity index (χ3v) is 1.09. The first-order valence-electron chi connectivity index (χ1n) is 2.67. The molecule has 0 amide bonds. The van der Waals surface area contributed by atoms with Crippen molar-refractivity contribution in [3.8, 4) is 0 Å². The normalized spacial score (nSPS) is 8.67. The van der Waals surface area contributed by atoms with Crippen LogP contribution in [-0.2, 0) is 16.8 Å². The van der Waals surface area contributed by atoms with E-state index in [0.717, 1.165) is 12.3 Å². The van der Waals surface area contributed by atoms with Gasteiger partial charge in [-0.1, -0.05) is 0 Å². The molecule has 0 atom stereocenters. The van der Waals surface area contributed by atoms with E-state index >= 15 is 0 Å². The van der Waals surface area contributed by atoms with E-state index in [-0.39, 0.29) is 22.3 Å². The molecule has 12 heavy (non-hydrogen) atoms. The van der Waals surface area contributed by atoms with Gasteiger partial charge in [-0.3, -0.25) is 0 Å². The molecule has 0 saturated carbocycles. The monoisotopic (exact) mass is 215 g/mol. The van der Waals surface area contributed by atoms with Crippen LogP contribution in [0.3, 0.4) is 0 Å². The molecule has 2 N–H and O–H groups in total. The molecule has 0 unspecified atom stereocenters. The number of aromatic carboxylic acids is 2. The zero-order valence-electron chi connectivity index (χ0n) is 5.61. The Bertz CT molecular complexity index is 274. The van der Waals surface area contributed by atoms with Crippen molar-refractivity contribution in [3.05, 3.63) is 23.7 Å². The maximum absolute atomic E-state index is 10.3. The van der Waals surface area contributed by atoms with Gasteiger partial charge in [-0.15, -0.1) is 0 Å². The third kappa shape index (κ3) is 1.86. The Morgan fingerprint density at radius 2 is 1.83 bits per heavy atom. The van der Waals surface area contributed by atoms with Gasteiger partial charge in [0.2, 0.25) is 5.76 Å². The van der Waals surface area contributed by atoms with Crippen LogP contribution in [0, 0.1) is 0 Å². The molecule has 0 aliphatic carbocycles. The Morgan fingerprint density at radius 1 is 1.25 bits per heavy atom. The summed E-state index contributed by atoms with van der Waals surface area (Å²) in [5.74, 6) is -3.24. The predicted octanol–water partition coefficient (Wildman–Crippen LogP) is 0.673. The van der Waals surface area contributed by atoms with Crippen LogP contribution in [-0.4, -0.2) is 22.2 Å². The minimum absolute atomic E-state index is 0. The fraction of sp³-hybridized carbons (Fsp3) is 0. The Hall–Kier alpha value is -1.27. The predicted molar refractivity (Wildman–Crippen MR) is 32.6 cm³/mol. The largest absolute Gasteiger partial charge is 0.478 e. The minimum Gasteiger partial charge on any atom is -0.478 e. The molecule has 67 valence electrons. The minimum atomic E-state index is -1.38. The van der Waals surface area contributed by atoms with Crippen molar-refractivity contribution in [1.82, 2.24) is 0 Å². The van der Waals surface area contributed by atoms with Gasteiger partial charge >= 0.3 is 11.9 Å². The van der Waals surface area contributed by atoms with Gasteiger partial charge in [-0.2, -0.15) is 0 Å². The van der Waals surface area contributed by atoms with E-state index in [1.54, 1.807) is 0 Å². The molecule has 0 saturated heterocycles. The zero-order valence-corrected chi connectivity index (χ0v) is 6.65. The number of furan rings is 1. The van der Waals surface area contributed by atoms with Crippen LogP contribution in [0.15, 0.2) is 16.7 Å². The average molecular weight is 215 g/mol. The molecule has 0 fully saturated rings. The van der Waals surface area contributed by atoms with Crippen LogP contribution >= 0.6 is 0 Å². The van der Waals surface area contributed by atoms with Crippen molar-refractivity contribution in [1.29, 1.82) is 0 Å². The summed E-state index contributed by atoms with van der Waals surface area (Å²) in [6, 6.07) is 1.09. The number of rotatable bonds is 2. The summed E-state index contributed by atoms with van der Waals surface area (Å²) < 4.78 is 4.41. The molecule has 0 bridgehead atoms. The van der Waals surface area contributed by atoms with Gasteiger partial charge in [0, 0.05) is 16.8 Å². The Balaban J connectivity index is 0.00000121. The van der Waals surface area contributed by atoms with E-state index in [0.29, 0.717) is 0 Å². The maximum Gasteiger partial charge on any atom is 0.372 e. The molecule has 1 heterocycles. The van der Waals surface area contributed by atoms with Crippen molar-refractivity contribution in [2.45, 2.75) is 0 Å². The molecule has 6 heteroatoms. The maximum atomic E-state index is 10.3. The molecule has 0 aromatic carbocycles. The standard InChI is InChI=1S/C6H4O5.Co/c7-5(8)3-1-2-11-4(3)6(9)10;/h1-2H,(H,7,8)(H,9,10);. The first-order valence-corrected chi connectivity index (χ1v) is 2.67. The molecule has 5 nitrogen and oxygen atoms in total. The number of hydrogen-bond donors (Lipinski definition) is 2. The number of hydrogen-bond acceptors (Lipinski definition) is 3. The summed E-state index contributed by atoms with van der Waals surface area (Å²) in [7, 11) is 0. The van der Waals surface area contributed by atoms with Crippen molar-refractivity contribution < 1.29 is 41.0 Å². The van der Waals surface area contributed by atoms with E-state index < -0.39 is 17.7 Å². The van der Waals surface area contributed by atoms with E-state index in [1.165, 1.54) is 0 Å².